The van der Waals surface area contributed by atoms with Crippen LogP contribution in [0.2, 0.25) is 0 Å². The van der Waals surface area contributed by atoms with Gasteiger partial charge in [0.1, 0.15) is 0 Å². The van der Waals surface area contributed by atoms with Gasteiger partial charge in [-0.2, -0.15) is 0 Å². The first-order chi connectivity index (χ1) is 7.79. The molecular formula is C14H26N2. The third-order valence-electron chi connectivity index (χ3n) is 4.75. The van der Waals surface area contributed by atoms with Gasteiger partial charge in [0.05, 0.1) is 0 Å². The number of hydrogen-bond acceptors (Lipinski definition) is 2. The van der Waals surface area contributed by atoms with E-state index in [2.05, 4.69) is 4.90 Å². The van der Waals surface area contributed by atoms with Crippen LogP contribution >= 0.6 is 0 Å². The fraction of sp³-hybridized carbons (Fsp3) is 1.00. The van der Waals surface area contributed by atoms with Gasteiger partial charge in [0, 0.05) is 25.7 Å². The number of likely N-dealkylation sites (tertiary alicyclic amines) is 1. The first kappa shape index (κ1) is 11.0. The molecule has 0 bridgehead atoms. The minimum atomic E-state index is 0.456. The van der Waals surface area contributed by atoms with Crippen molar-refractivity contribution in [2.24, 2.45) is 23.5 Å². The van der Waals surface area contributed by atoms with E-state index >= 15 is 0 Å². The molecule has 2 unspecified atom stereocenters. The highest BCUT2D eigenvalue weighted by Gasteiger charge is 2.32. The molecule has 2 heteroatoms. The molecule has 2 aliphatic carbocycles. The van der Waals surface area contributed by atoms with Crippen molar-refractivity contribution >= 4 is 0 Å². The van der Waals surface area contributed by atoms with Crippen molar-refractivity contribution in [1.29, 1.82) is 0 Å². The Hall–Kier alpha value is -0.0800. The van der Waals surface area contributed by atoms with Gasteiger partial charge in [0.25, 0.3) is 0 Å². The maximum Gasteiger partial charge on any atom is 0.0170 e. The Morgan fingerprint density at radius 1 is 0.938 bits per heavy atom. The summed E-state index contributed by atoms with van der Waals surface area (Å²) in [5.41, 5.74) is 6.21. The van der Waals surface area contributed by atoms with E-state index in [0.717, 1.165) is 24.3 Å². The van der Waals surface area contributed by atoms with E-state index in [9.17, 15) is 0 Å². The van der Waals surface area contributed by atoms with E-state index in [1.807, 2.05) is 0 Å². The first-order valence-corrected chi connectivity index (χ1v) is 7.27. The van der Waals surface area contributed by atoms with Gasteiger partial charge in [0.15, 0.2) is 0 Å². The molecule has 3 rings (SSSR count). The Kier molecular flexibility index (Phi) is 3.21. The van der Waals surface area contributed by atoms with E-state index < -0.39 is 0 Å². The Morgan fingerprint density at radius 2 is 1.75 bits per heavy atom. The summed E-state index contributed by atoms with van der Waals surface area (Å²) in [5.74, 6) is 2.99. The molecule has 3 fully saturated rings. The zero-order valence-electron chi connectivity index (χ0n) is 10.4. The average molecular weight is 222 g/mol. The molecule has 3 aliphatic rings. The summed E-state index contributed by atoms with van der Waals surface area (Å²) in [4.78, 5) is 2.67. The highest BCUT2D eigenvalue weighted by atomic mass is 15.2. The molecule has 2 nitrogen and oxygen atoms in total. The lowest BCUT2D eigenvalue weighted by atomic mass is 9.83. The molecule has 1 aliphatic heterocycles. The van der Waals surface area contributed by atoms with Crippen molar-refractivity contribution in [3.8, 4) is 0 Å². The molecule has 0 amide bonds. The third-order valence-corrected chi connectivity index (χ3v) is 4.75. The fourth-order valence-corrected chi connectivity index (χ4v) is 3.53. The summed E-state index contributed by atoms with van der Waals surface area (Å²) >= 11 is 0. The van der Waals surface area contributed by atoms with Crippen molar-refractivity contribution in [3.05, 3.63) is 0 Å². The first-order valence-electron chi connectivity index (χ1n) is 7.27. The highest BCUT2D eigenvalue weighted by Crippen LogP contribution is 2.38. The van der Waals surface area contributed by atoms with E-state index in [0.29, 0.717) is 6.04 Å². The molecule has 1 saturated heterocycles. The molecule has 0 aromatic carbocycles. The minimum Gasteiger partial charge on any atom is -0.327 e. The third kappa shape index (κ3) is 2.78. The van der Waals surface area contributed by atoms with E-state index in [1.165, 1.54) is 58.0 Å². The molecule has 0 spiro atoms. The van der Waals surface area contributed by atoms with Gasteiger partial charge in [-0.3, -0.25) is 0 Å². The van der Waals surface area contributed by atoms with Crippen molar-refractivity contribution in [3.63, 3.8) is 0 Å². The van der Waals surface area contributed by atoms with Gasteiger partial charge in [-0.15, -0.1) is 0 Å². The van der Waals surface area contributed by atoms with Gasteiger partial charge >= 0.3 is 0 Å². The summed E-state index contributed by atoms with van der Waals surface area (Å²) in [5, 5.41) is 0. The molecule has 16 heavy (non-hydrogen) atoms. The highest BCUT2D eigenvalue weighted by molar-refractivity contribution is 4.87. The van der Waals surface area contributed by atoms with Crippen molar-refractivity contribution < 1.29 is 0 Å². The van der Waals surface area contributed by atoms with Gasteiger partial charge in [-0.1, -0.05) is 19.3 Å². The van der Waals surface area contributed by atoms with E-state index in [1.54, 1.807) is 0 Å². The molecule has 0 radical (unpaired) electrons. The number of hydrogen-bond donors (Lipinski definition) is 1. The van der Waals surface area contributed by atoms with Crippen molar-refractivity contribution in [2.45, 2.75) is 51.0 Å². The number of rotatable bonds is 4. The SMILES string of the molecule is NC1CC(CC2CC2)CN(CC2CCC2)C1. The summed E-state index contributed by atoms with van der Waals surface area (Å²) < 4.78 is 0. The molecule has 92 valence electrons. The Bertz CT molecular complexity index is 231. The smallest absolute Gasteiger partial charge is 0.0170 e. The topological polar surface area (TPSA) is 29.3 Å². The van der Waals surface area contributed by atoms with Crippen LogP contribution in [0.25, 0.3) is 0 Å². The summed E-state index contributed by atoms with van der Waals surface area (Å²) in [6.45, 7) is 3.85. The van der Waals surface area contributed by atoms with Gasteiger partial charge in [0.2, 0.25) is 0 Å². The van der Waals surface area contributed by atoms with Crippen LogP contribution in [-0.4, -0.2) is 30.6 Å². The van der Waals surface area contributed by atoms with Crippen LogP contribution in [-0.2, 0) is 0 Å². The normalized spacial score (nSPS) is 37.3. The fourth-order valence-electron chi connectivity index (χ4n) is 3.53. The van der Waals surface area contributed by atoms with Crippen LogP contribution in [0, 0.1) is 17.8 Å². The maximum atomic E-state index is 6.21. The summed E-state index contributed by atoms with van der Waals surface area (Å²) in [7, 11) is 0. The number of piperidine rings is 1. The maximum absolute atomic E-state index is 6.21. The van der Waals surface area contributed by atoms with Crippen molar-refractivity contribution in [2.75, 3.05) is 19.6 Å². The molecule has 2 saturated carbocycles. The molecule has 1 heterocycles. The zero-order chi connectivity index (χ0) is 11.0. The van der Waals surface area contributed by atoms with Gasteiger partial charge in [-0.25, -0.2) is 0 Å². The van der Waals surface area contributed by atoms with Crippen LogP contribution in [0.4, 0.5) is 0 Å². The molecule has 0 aromatic rings. The standard InChI is InChI=1S/C14H26N2/c15-14-7-13(6-11-4-5-11)9-16(10-14)8-12-2-1-3-12/h11-14H,1-10,15H2. The van der Waals surface area contributed by atoms with E-state index in [4.69, 9.17) is 5.73 Å². The second-order valence-corrected chi connectivity index (χ2v) is 6.56. The number of nitrogens with two attached hydrogens (primary N) is 1. The minimum absolute atomic E-state index is 0.456. The second-order valence-electron chi connectivity index (χ2n) is 6.56. The largest absolute Gasteiger partial charge is 0.327 e. The van der Waals surface area contributed by atoms with Crippen molar-refractivity contribution in [1.82, 2.24) is 4.90 Å². The average Bonchev–Trinajstić information content (AvgIpc) is 2.94. The Morgan fingerprint density at radius 3 is 2.38 bits per heavy atom. The van der Waals surface area contributed by atoms with Gasteiger partial charge in [-0.05, 0) is 43.4 Å². The van der Waals surface area contributed by atoms with Crippen LogP contribution in [0.15, 0.2) is 0 Å². The van der Waals surface area contributed by atoms with Crippen LogP contribution < -0.4 is 5.73 Å². The van der Waals surface area contributed by atoms with E-state index in [-0.39, 0.29) is 0 Å². The lowest BCUT2D eigenvalue weighted by Gasteiger charge is -2.40. The summed E-state index contributed by atoms with van der Waals surface area (Å²) in [6.07, 6.45) is 10.2. The van der Waals surface area contributed by atoms with Crippen LogP contribution in [0.3, 0.4) is 0 Å². The molecule has 2 atom stereocenters. The quantitative estimate of drug-likeness (QED) is 0.790. The number of nitrogens with zero attached hydrogens (tertiary/aromatic N) is 1. The summed E-state index contributed by atoms with van der Waals surface area (Å²) in [6, 6.07) is 0.456. The molecular weight excluding hydrogens is 196 g/mol. The Balaban J connectivity index is 1.48. The molecule has 2 N–H and O–H groups in total. The van der Waals surface area contributed by atoms with Gasteiger partial charge < -0.3 is 10.6 Å². The van der Waals surface area contributed by atoms with Crippen LogP contribution in [0.1, 0.15) is 44.9 Å². The van der Waals surface area contributed by atoms with Crippen LogP contribution in [0.5, 0.6) is 0 Å². The second kappa shape index (κ2) is 4.66. The predicted octanol–water partition coefficient (Wildman–Crippen LogP) is 2.24. The lowest BCUT2D eigenvalue weighted by molar-refractivity contribution is 0.107. The molecule has 0 aromatic heterocycles. The Labute approximate surface area is 99.6 Å². The predicted molar refractivity (Wildman–Crippen MR) is 67.2 cm³/mol. The monoisotopic (exact) mass is 222 g/mol. The zero-order valence-corrected chi connectivity index (χ0v) is 10.4. The lowest BCUT2D eigenvalue weighted by Crippen LogP contribution is -2.49.